The fourth-order valence-electron chi connectivity index (χ4n) is 3.64. The van der Waals surface area contributed by atoms with Gasteiger partial charge in [0, 0.05) is 16.8 Å². The number of Topliss-reactive ketones (excluding diaryl/α,β-unsaturated/α-hetero) is 1. The lowest BCUT2D eigenvalue weighted by atomic mass is 9.94. The number of aliphatic hydroxyl groups is 1. The van der Waals surface area contributed by atoms with E-state index in [9.17, 15) is 27.9 Å². The van der Waals surface area contributed by atoms with E-state index in [2.05, 4.69) is 0 Å². The molecule has 156 valence electrons. The minimum atomic E-state index is -1.29. The molecule has 7 heteroatoms. The molecule has 0 bridgehead atoms. The van der Waals surface area contributed by atoms with Crippen molar-refractivity contribution in [2.45, 2.75) is 13.0 Å². The number of amides is 1. The fraction of sp³-hybridized carbons (Fsp3) is 0.0833. The topological polar surface area (TPSA) is 57.6 Å². The third-order valence-electron chi connectivity index (χ3n) is 5.18. The molecule has 0 saturated carbocycles. The highest BCUT2D eigenvalue weighted by Crippen LogP contribution is 2.42. The normalized spacial score (nSPS) is 17.9. The van der Waals surface area contributed by atoms with Gasteiger partial charge in [0.25, 0.3) is 11.7 Å². The van der Waals surface area contributed by atoms with E-state index in [1.165, 1.54) is 55.5 Å². The second-order valence-corrected chi connectivity index (χ2v) is 7.13. The number of halogens is 3. The SMILES string of the molecule is Cc1cc(/C(O)=C2\C(=O)C(=O)N(c3ccc(F)cc3)C2c2ccccc2F)ccc1F. The maximum Gasteiger partial charge on any atom is 0.300 e. The molecule has 1 heterocycles. The average Bonchev–Trinajstić information content (AvgIpc) is 3.01. The van der Waals surface area contributed by atoms with E-state index in [1.807, 2.05) is 0 Å². The van der Waals surface area contributed by atoms with Crippen molar-refractivity contribution in [3.8, 4) is 0 Å². The second-order valence-electron chi connectivity index (χ2n) is 7.13. The van der Waals surface area contributed by atoms with Crippen LogP contribution in [0.1, 0.15) is 22.7 Å². The summed E-state index contributed by atoms with van der Waals surface area (Å²) in [4.78, 5) is 26.9. The van der Waals surface area contributed by atoms with E-state index in [1.54, 1.807) is 0 Å². The van der Waals surface area contributed by atoms with Crippen LogP contribution in [-0.4, -0.2) is 16.8 Å². The molecule has 1 amide bonds. The molecular weight excluding hydrogens is 407 g/mol. The van der Waals surface area contributed by atoms with Gasteiger partial charge in [0.15, 0.2) is 0 Å². The summed E-state index contributed by atoms with van der Waals surface area (Å²) in [7, 11) is 0. The van der Waals surface area contributed by atoms with Crippen molar-refractivity contribution < 1.29 is 27.9 Å². The number of carbonyl (C=O) groups is 2. The largest absolute Gasteiger partial charge is 0.507 e. The summed E-state index contributed by atoms with van der Waals surface area (Å²) in [5.74, 6) is -4.34. The van der Waals surface area contributed by atoms with Crippen LogP contribution in [0, 0.1) is 24.4 Å². The Hall–Kier alpha value is -3.87. The summed E-state index contributed by atoms with van der Waals surface area (Å²) in [6, 6.07) is 12.8. The highest BCUT2D eigenvalue weighted by Gasteiger charge is 2.47. The second kappa shape index (κ2) is 7.75. The minimum absolute atomic E-state index is 0.0218. The molecule has 1 fully saturated rings. The van der Waals surface area contributed by atoms with Gasteiger partial charge >= 0.3 is 0 Å². The summed E-state index contributed by atoms with van der Waals surface area (Å²) in [6.07, 6.45) is 0. The van der Waals surface area contributed by atoms with Crippen LogP contribution >= 0.6 is 0 Å². The molecule has 0 radical (unpaired) electrons. The first kappa shape index (κ1) is 20.4. The highest BCUT2D eigenvalue weighted by atomic mass is 19.1. The van der Waals surface area contributed by atoms with E-state index < -0.39 is 40.9 Å². The molecule has 1 unspecified atom stereocenters. The van der Waals surface area contributed by atoms with Gasteiger partial charge in [-0.3, -0.25) is 14.5 Å². The van der Waals surface area contributed by atoms with Gasteiger partial charge in [0.2, 0.25) is 0 Å². The zero-order valence-corrected chi connectivity index (χ0v) is 16.3. The summed E-state index contributed by atoms with van der Waals surface area (Å²) >= 11 is 0. The first-order valence-corrected chi connectivity index (χ1v) is 9.37. The Balaban J connectivity index is 1.97. The molecule has 0 aliphatic carbocycles. The van der Waals surface area contributed by atoms with Crippen LogP contribution in [0.25, 0.3) is 5.76 Å². The molecule has 4 nitrogen and oxygen atoms in total. The van der Waals surface area contributed by atoms with Crippen LogP contribution in [0.2, 0.25) is 0 Å². The monoisotopic (exact) mass is 423 g/mol. The summed E-state index contributed by atoms with van der Waals surface area (Å²) < 4.78 is 41.8. The number of hydrogen-bond acceptors (Lipinski definition) is 3. The average molecular weight is 423 g/mol. The van der Waals surface area contributed by atoms with Crippen molar-refractivity contribution in [3.05, 3.63) is 106 Å². The Kier molecular flexibility index (Phi) is 5.10. The summed E-state index contributed by atoms with van der Waals surface area (Å²) in [6.45, 7) is 1.48. The number of ketones is 1. The Morgan fingerprint density at radius 2 is 1.58 bits per heavy atom. The molecule has 1 N–H and O–H groups in total. The molecule has 0 spiro atoms. The van der Waals surface area contributed by atoms with Crippen LogP contribution < -0.4 is 4.90 Å². The lowest BCUT2D eigenvalue weighted by Gasteiger charge is -2.25. The Labute approximate surface area is 175 Å². The predicted molar refractivity (Wildman–Crippen MR) is 109 cm³/mol. The first-order chi connectivity index (χ1) is 14.8. The van der Waals surface area contributed by atoms with Crippen molar-refractivity contribution in [2.75, 3.05) is 4.90 Å². The summed E-state index contributed by atoms with van der Waals surface area (Å²) in [5.41, 5.74) is 0.125. The number of rotatable bonds is 3. The maximum absolute atomic E-state index is 14.7. The van der Waals surface area contributed by atoms with E-state index in [4.69, 9.17) is 0 Å². The third-order valence-corrected chi connectivity index (χ3v) is 5.18. The van der Waals surface area contributed by atoms with Crippen LogP contribution in [0.15, 0.2) is 72.3 Å². The van der Waals surface area contributed by atoms with Crippen molar-refractivity contribution >= 4 is 23.1 Å². The number of nitrogens with zero attached hydrogens (tertiary/aromatic N) is 1. The number of carbonyl (C=O) groups excluding carboxylic acids is 2. The highest BCUT2D eigenvalue weighted by molar-refractivity contribution is 6.51. The van der Waals surface area contributed by atoms with Gasteiger partial charge in [-0.1, -0.05) is 18.2 Å². The smallest absolute Gasteiger partial charge is 0.300 e. The molecule has 4 rings (SSSR count). The van der Waals surface area contributed by atoms with Crippen molar-refractivity contribution in [1.82, 2.24) is 0 Å². The predicted octanol–water partition coefficient (Wildman–Crippen LogP) is 5.04. The van der Waals surface area contributed by atoms with E-state index >= 15 is 0 Å². The lowest BCUT2D eigenvalue weighted by Crippen LogP contribution is -2.29. The van der Waals surface area contributed by atoms with Gasteiger partial charge < -0.3 is 5.11 Å². The Bertz CT molecular complexity index is 1240. The molecule has 3 aromatic rings. The molecule has 1 atom stereocenters. The summed E-state index contributed by atoms with van der Waals surface area (Å²) in [5, 5.41) is 10.9. The number of aliphatic hydroxyl groups excluding tert-OH is 1. The fourth-order valence-corrected chi connectivity index (χ4v) is 3.64. The molecule has 31 heavy (non-hydrogen) atoms. The van der Waals surface area contributed by atoms with Crippen molar-refractivity contribution in [3.63, 3.8) is 0 Å². The molecule has 3 aromatic carbocycles. The van der Waals surface area contributed by atoms with E-state index in [0.717, 1.165) is 23.1 Å². The Morgan fingerprint density at radius 1 is 0.903 bits per heavy atom. The number of hydrogen-bond donors (Lipinski definition) is 1. The standard InChI is InChI=1S/C24H16F3NO3/c1-13-12-14(6-11-18(13)26)22(29)20-21(17-4-2-3-5-19(17)27)28(24(31)23(20)30)16-9-7-15(25)8-10-16/h2-12,21,29H,1H3/b22-20+. The van der Waals surface area contributed by atoms with Gasteiger partial charge in [-0.05, 0) is 61.0 Å². The lowest BCUT2D eigenvalue weighted by molar-refractivity contribution is -0.132. The van der Waals surface area contributed by atoms with Gasteiger partial charge in [-0.15, -0.1) is 0 Å². The molecule has 1 aliphatic rings. The molecule has 1 aliphatic heterocycles. The van der Waals surface area contributed by atoms with Crippen LogP contribution in [-0.2, 0) is 9.59 Å². The number of benzene rings is 3. The van der Waals surface area contributed by atoms with Crippen molar-refractivity contribution in [1.29, 1.82) is 0 Å². The quantitative estimate of drug-likeness (QED) is 0.365. The van der Waals surface area contributed by atoms with Crippen LogP contribution in [0.3, 0.4) is 0 Å². The van der Waals surface area contributed by atoms with Crippen LogP contribution in [0.4, 0.5) is 18.9 Å². The number of anilines is 1. The molecule has 0 aromatic heterocycles. The third kappa shape index (κ3) is 3.48. The molecular formula is C24H16F3NO3. The van der Waals surface area contributed by atoms with E-state index in [0.29, 0.717) is 0 Å². The first-order valence-electron chi connectivity index (χ1n) is 9.37. The Morgan fingerprint density at radius 3 is 2.23 bits per heavy atom. The zero-order valence-electron chi connectivity index (χ0n) is 16.3. The molecule has 1 saturated heterocycles. The van der Waals surface area contributed by atoms with Gasteiger partial charge in [0.05, 0.1) is 11.6 Å². The van der Waals surface area contributed by atoms with Gasteiger partial charge in [-0.25, -0.2) is 13.2 Å². The van der Waals surface area contributed by atoms with Gasteiger partial charge in [0.1, 0.15) is 23.2 Å². The zero-order chi connectivity index (χ0) is 22.3. The maximum atomic E-state index is 14.7. The van der Waals surface area contributed by atoms with Gasteiger partial charge in [-0.2, -0.15) is 0 Å². The van der Waals surface area contributed by atoms with Crippen molar-refractivity contribution in [2.24, 2.45) is 0 Å². The van der Waals surface area contributed by atoms with Crippen LogP contribution in [0.5, 0.6) is 0 Å². The minimum Gasteiger partial charge on any atom is -0.507 e. The van der Waals surface area contributed by atoms with E-state index in [-0.39, 0.29) is 28.0 Å². The number of aryl methyl sites for hydroxylation is 1.